The van der Waals surface area contributed by atoms with Gasteiger partial charge in [0.15, 0.2) is 0 Å². The lowest BCUT2D eigenvalue weighted by Crippen LogP contribution is -2.40. The molecule has 0 heterocycles. The highest BCUT2D eigenvalue weighted by atomic mass is 19.1. The van der Waals surface area contributed by atoms with E-state index in [1.54, 1.807) is 13.0 Å². The number of benzene rings is 1. The smallest absolute Gasteiger partial charge is 0.319 e. The van der Waals surface area contributed by atoms with Crippen molar-refractivity contribution in [2.45, 2.75) is 33.8 Å². The van der Waals surface area contributed by atoms with Crippen molar-refractivity contribution in [1.29, 1.82) is 0 Å². The number of carbonyl (C=O) groups is 1. The van der Waals surface area contributed by atoms with Crippen LogP contribution < -0.4 is 10.6 Å². The second kappa shape index (κ2) is 6.02. The van der Waals surface area contributed by atoms with E-state index in [4.69, 9.17) is 0 Å². The average Bonchev–Trinajstić information content (AvgIpc) is 2.29. The number of aliphatic hydroxyl groups is 1. The summed E-state index contributed by atoms with van der Waals surface area (Å²) in [6.45, 7) is 7.46. The number of aryl methyl sites for hydroxylation is 1. The number of amides is 2. The first-order chi connectivity index (χ1) is 8.70. The summed E-state index contributed by atoms with van der Waals surface area (Å²) in [7, 11) is 0. The third kappa shape index (κ3) is 4.87. The predicted molar refractivity (Wildman–Crippen MR) is 73.6 cm³/mol. The minimum absolute atomic E-state index is 0.162. The Kier molecular flexibility index (Phi) is 4.89. The van der Waals surface area contributed by atoms with Gasteiger partial charge in [-0.1, -0.05) is 20.8 Å². The fourth-order valence-corrected chi connectivity index (χ4v) is 1.39. The van der Waals surface area contributed by atoms with Crippen LogP contribution in [0.5, 0.6) is 0 Å². The van der Waals surface area contributed by atoms with Crippen LogP contribution in [0.3, 0.4) is 0 Å². The van der Waals surface area contributed by atoms with Crippen LogP contribution in [0.4, 0.5) is 14.9 Å². The molecule has 0 saturated carbocycles. The largest absolute Gasteiger partial charge is 0.391 e. The maximum absolute atomic E-state index is 13.1. The zero-order chi connectivity index (χ0) is 14.6. The molecule has 3 N–H and O–H groups in total. The Hall–Kier alpha value is -1.62. The molecule has 0 aliphatic heterocycles. The van der Waals surface area contributed by atoms with Crippen LogP contribution >= 0.6 is 0 Å². The molecular formula is C14H21FN2O2. The highest BCUT2D eigenvalue weighted by molar-refractivity contribution is 5.89. The van der Waals surface area contributed by atoms with Crippen molar-refractivity contribution in [3.05, 3.63) is 29.6 Å². The summed E-state index contributed by atoms with van der Waals surface area (Å²) in [5, 5.41) is 15.0. The van der Waals surface area contributed by atoms with Gasteiger partial charge in [-0.25, -0.2) is 9.18 Å². The van der Waals surface area contributed by atoms with Crippen LogP contribution in [0.25, 0.3) is 0 Å². The molecule has 1 aromatic rings. The first-order valence-corrected chi connectivity index (χ1v) is 6.19. The first-order valence-electron chi connectivity index (χ1n) is 6.19. The van der Waals surface area contributed by atoms with Crippen LogP contribution in [0.2, 0.25) is 0 Å². The number of nitrogens with one attached hydrogen (secondary N) is 2. The highest BCUT2D eigenvalue weighted by Gasteiger charge is 2.22. The molecule has 1 rings (SSSR count). The lowest BCUT2D eigenvalue weighted by Gasteiger charge is -2.25. The molecule has 1 atom stereocenters. The molecule has 4 nitrogen and oxygen atoms in total. The van der Waals surface area contributed by atoms with E-state index in [-0.39, 0.29) is 17.8 Å². The fourth-order valence-electron chi connectivity index (χ4n) is 1.39. The predicted octanol–water partition coefficient (Wildman–Crippen LogP) is 2.66. The van der Waals surface area contributed by atoms with Crippen LogP contribution in [0, 0.1) is 18.2 Å². The molecule has 1 aromatic carbocycles. The maximum atomic E-state index is 13.1. The molecule has 5 heteroatoms. The minimum atomic E-state index is -0.631. The number of hydrogen-bond donors (Lipinski definition) is 3. The molecule has 0 bridgehead atoms. The van der Waals surface area contributed by atoms with Crippen LogP contribution in [-0.2, 0) is 0 Å². The van der Waals surface area contributed by atoms with E-state index in [1.165, 1.54) is 12.1 Å². The van der Waals surface area contributed by atoms with Gasteiger partial charge < -0.3 is 15.7 Å². The molecule has 106 valence electrons. The van der Waals surface area contributed by atoms with Crippen molar-refractivity contribution in [3.8, 4) is 0 Å². The SMILES string of the molecule is Cc1cc(NC(=O)NCC(O)C(C)(C)C)ccc1F. The Morgan fingerprint density at radius 1 is 1.42 bits per heavy atom. The lowest BCUT2D eigenvalue weighted by molar-refractivity contribution is 0.0654. The quantitative estimate of drug-likeness (QED) is 0.789. The Bertz CT molecular complexity index is 455. The van der Waals surface area contributed by atoms with Gasteiger partial charge in [-0.05, 0) is 36.1 Å². The van der Waals surface area contributed by atoms with E-state index in [2.05, 4.69) is 10.6 Å². The molecular weight excluding hydrogens is 247 g/mol. The molecule has 0 saturated heterocycles. The second-order valence-corrected chi connectivity index (χ2v) is 5.68. The fraction of sp³-hybridized carbons (Fsp3) is 0.500. The molecule has 0 aromatic heterocycles. The Labute approximate surface area is 113 Å². The van der Waals surface area contributed by atoms with Gasteiger partial charge >= 0.3 is 6.03 Å². The van der Waals surface area contributed by atoms with Crippen LogP contribution in [-0.4, -0.2) is 23.8 Å². The summed E-state index contributed by atoms with van der Waals surface area (Å²) in [5.74, 6) is -0.311. The van der Waals surface area contributed by atoms with Gasteiger partial charge in [0.2, 0.25) is 0 Å². The third-order valence-corrected chi connectivity index (χ3v) is 2.87. The number of carbonyl (C=O) groups excluding carboxylic acids is 1. The van der Waals surface area contributed by atoms with Crippen molar-refractivity contribution in [1.82, 2.24) is 5.32 Å². The molecule has 0 aliphatic carbocycles. The van der Waals surface area contributed by atoms with E-state index in [9.17, 15) is 14.3 Å². The summed E-state index contributed by atoms with van der Waals surface area (Å²) >= 11 is 0. The molecule has 1 unspecified atom stereocenters. The van der Waals surface area contributed by atoms with Gasteiger partial charge in [0.25, 0.3) is 0 Å². The average molecular weight is 268 g/mol. The van der Waals surface area contributed by atoms with E-state index >= 15 is 0 Å². The van der Waals surface area contributed by atoms with E-state index < -0.39 is 12.1 Å². The van der Waals surface area contributed by atoms with Gasteiger partial charge in [-0.3, -0.25) is 0 Å². The van der Waals surface area contributed by atoms with Gasteiger partial charge in [0, 0.05) is 12.2 Å². The molecule has 19 heavy (non-hydrogen) atoms. The Morgan fingerprint density at radius 2 is 2.05 bits per heavy atom. The van der Waals surface area contributed by atoms with E-state index in [0.29, 0.717) is 11.3 Å². The summed E-state index contributed by atoms with van der Waals surface area (Å²) in [6, 6.07) is 3.92. The van der Waals surface area contributed by atoms with Gasteiger partial charge in [-0.15, -0.1) is 0 Å². The number of urea groups is 1. The van der Waals surface area contributed by atoms with Crippen molar-refractivity contribution in [2.24, 2.45) is 5.41 Å². The zero-order valence-electron chi connectivity index (χ0n) is 11.7. The first kappa shape index (κ1) is 15.4. The summed E-state index contributed by atoms with van der Waals surface area (Å²) in [5.41, 5.74) is 0.689. The molecule has 2 amide bonds. The summed E-state index contributed by atoms with van der Waals surface area (Å²) < 4.78 is 13.1. The molecule has 0 fully saturated rings. The van der Waals surface area contributed by atoms with Crippen molar-refractivity contribution < 1.29 is 14.3 Å². The van der Waals surface area contributed by atoms with Crippen molar-refractivity contribution in [3.63, 3.8) is 0 Å². The van der Waals surface area contributed by atoms with Gasteiger partial charge in [0.1, 0.15) is 5.82 Å². The third-order valence-electron chi connectivity index (χ3n) is 2.87. The van der Waals surface area contributed by atoms with Crippen LogP contribution in [0.1, 0.15) is 26.3 Å². The summed E-state index contributed by atoms with van der Waals surface area (Å²) in [4.78, 5) is 11.6. The Morgan fingerprint density at radius 3 is 2.58 bits per heavy atom. The van der Waals surface area contributed by atoms with Gasteiger partial charge in [0.05, 0.1) is 6.10 Å². The maximum Gasteiger partial charge on any atom is 0.319 e. The minimum Gasteiger partial charge on any atom is -0.391 e. The number of rotatable bonds is 3. The van der Waals surface area contributed by atoms with Crippen molar-refractivity contribution in [2.75, 3.05) is 11.9 Å². The summed E-state index contributed by atoms with van der Waals surface area (Å²) in [6.07, 6.45) is -0.631. The normalized spacial score (nSPS) is 12.9. The second-order valence-electron chi connectivity index (χ2n) is 5.68. The topological polar surface area (TPSA) is 61.4 Å². The highest BCUT2D eigenvalue weighted by Crippen LogP contribution is 2.18. The van der Waals surface area contributed by atoms with Gasteiger partial charge in [-0.2, -0.15) is 0 Å². The molecule has 0 aliphatic rings. The number of halogens is 1. The number of aliphatic hydroxyl groups excluding tert-OH is 1. The monoisotopic (exact) mass is 268 g/mol. The number of anilines is 1. The van der Waals surface area contributed by atoms with E-state index in [0.717, 1.165) is 0 Å². The van der Waals surface area contributed by atoms with E-state index in [1.807, 2.05) is 20.8 Å². The van der Waals surface area contributed by atoms with Crippen molar-refractivity contribution >= 4 is 11.7 Å². The zero-order valence-corrected chi connectivity index (χ0v) is 11.7. The molecule has 0 spiro atoms. The van der Waals surface area contributed by atoms with Crippen LogP contribution in [0.15, 0.2) is 18.2 Å². The Balaban J connectivity index is 2.49. The standard InChI is InChI=1S/C14H21FN2O2/c1-9-7-10(5-6-11(9)15)17-13(19)16-8-12(18)14(2,3)4/h5-7,12,18H,8H2,1-4H3,(H2,16,17,19). The molecule has 0 radical (unpaired) electrons. The number of hydrogen-bond acceptors (Lipinski definition) is 2. The lowest BCUT2D eigenvalue weighted by atomic mass is 9.89.